The number of para-hydroxylation sites is 4. The van der Waals surface area contributed by atoms with Gasteiger partial charge in [0.2, 0.25) is 0 Å². The van der Waals surface area contributed by atoms with Crippen molar-refractivity contribution in [1.29, 1.82) is 0 Å². The van der Waals surface area contributed by atoms with Crippen molar-refractivity contribution in [2.45, 2.75) is 262 Å². The fourth-order valence-electron chi connectivity index (χ4n) is 21.1. The molecule has 17 heteroatoms. The lowest BCUT2D eigenvalue weighted by Gasteiger charge is -2.29. The summed E-state index contributed by atoms with van der Waals surface area (Å²) in [6.45, 7) is 24.9. The lowest BCUT2D eigenvalue weighted by molar-refractivity contribution is -0.124. The van der Waals surface area contributed by atoms with Gasteiger partial charge in [0.1, 0.15) is 0 Å². The standard InChI is InChI=1S/C124H142N6O4S7/c1-11-21-27-29-31-37-51-91-79-109(101-71-75-105(137-101)117-113-111(121(131)127(117)83-87(19-9)49-25-15-5)115(125(123(113)133)81-85(17-7)47-23-13-3)103-73-69-99(135-103)89-61-65-97(66-62-89)129(93-53-39-33-40-54-93)94-55-41-34-42-56-94)140-119(91)107-77-78-108(139-107)120-92(52-38-32-30-28-22-12-2)80-110(141-120)102-72-76-106(138-102)118-114-112(122(132)128(118)84-88(20-10)50-26-16-6)116(126(124(114)134)82-86(18-8)48-24-14-4)104-74-70-100(136-104)90-63-67-98(68-64-90)130(95-57-43-35-44-58-95)96-59-45-36-46-60-96/h33-36,39-46,53-80,85-88H,11-32,37-38,47-52,81-84H2,1-10H3. The summed E-state index contributed by atoms with van der Waals surface area (Å²) in [5.41, 5.74) is 16.7. The average molecular weight is 2010 g/mol. The fourth-order valence-corrected chi connectivity index (χ4v) is 29.2. The van der Waals surface area contributed by atoms with Gasteiger partial charge in [-0.25, -0.2) is 0 Å². The van der Waals surface area contributed by atoms with Crippen LogP contribution >= 0.6 is 79.4 Å². The normalized spacial score (nSPS) is 14.8. The SMILES string of the molecule is CCCCCCCCc1cc(-c2ccc(C3=C4C(=O)N(CC(CC)CCCC)C(c5ccc(-c6ccc(N(c7ccccc7)c7ccccc7)cc6)s5)=C4C(=O)N3CC(CC)CCCC)s2)sc1-c1ccc(-c2sc(-c3ccc(C4=C5C(=O)N(CC(CC)CCCC)C(c6ccc(-c7ccc(N(c8ccccc8)c8ccccc8)cc7)s6)=C5C(=O)N4CC(CC)CCCC)s3)cc2CCCCCCCC)s1. The Balaban J connectivity index is 0.726. The third-order valence-electron chi connectivity index (χ3n) is 29.3. The van der Waals surface area contributed by atoms with Crippen LogP contribution in [0.2, 0.25) is 0 Å². The van der Waals surface area contributed by atoms with Crippen molar-refractivity contribution < 1.29 is 19.2 Å². The molecule has 10 nitrogen and oxygen atoms in total. The Bertz CT molecular complexity index is 6020. The first-order valence-electron chi connectivity index (χ1n) is 53.2. The molecule has 0 bridgehead atoms. The molecule has 0 N–H and O–H groups in total. The second kappa shape index (κ2) is 49.3. The van der Waals surface area contributed by atoms with Crippen LogP contribution in [0.1, 0.15) is 280 Å². The molecular weight excluding hydrogens is 1860 g/mol. The summed E-state index contributed by atoms with van der Waals surface area (Å²) in [6, 6.07) is 87.4. The predicted molar refractivity (Wildman–Crippen MR) is 608 cm³/mol. The van der Waals surface area contributed by atoms with E-state index in [0.717, 1.165) is 235 Å². The van der Waals surface area contributed by atoms with E-state index in [1.165, 1.54) is 105 Å². The second-order valence-corrected chi connectivity index (χ2v) is 46.6. The summed E-state index contributed by atoms with van der Waals surface area (Å²) < 4.78 is 0. The van der Waals surface area contributed by atoms with Crippen LogP contribution in [0.4, 0.5) is 34.1 Å². The summed E-state index contributed by atoms with van der Waals surface area (Å²) in [6.07, 6.45) is 32.9. The first-order chi connectivity index (χ1) is 69.2. The van der Waals surface area contributed by atoms with Gasteiger partial charge in [-0.15, -0.1) is 79.4 Å². The molecule has 7 aromatic heterocycles. The molecule has 0 fully saturated rings. The smallest absolute Gasteiger partial charge is 0.261 e. The zero-order valence-electron chi connectivity index (χ0n) is 84.6. The highest BCUT2D eigenvalue weighted by molar-refractivity contribution is 7.30. The van der Waals surface area contributed by atoms with E-state index in [1.807, 2.05) is 43.8 Å². The Morgan fingerprint density at radius 3 is 0.738 bits per heavy atom. The number of carbonyl (C=O) groups excluding carboxylic acids is 4. The maximum Gasteiger partial charge on any atom is 0.261 e. The molecule has 734 valence electrons. The zero-order valence-corrected chi connectivity index (χ0v) is 90.3. The number of anilines is 6. The molecule has 0 saturated heterocycles. The van der Waals surface area contributed by atoms with Crippen molar-refractivity contribution in [2.24, 2.45) is 23.7 Å². The lowest BCUT2D eigenvalue weighted by atomic mass is 9.98. The summed E-state index contributed by atoms with van der Waals surface area (Å²) >= 11 is 12.6. The van der Waals surface area contributed by atoms with Crippen molar-refractivity contribution in [3.63, 3.8) is 0 Å². The molecule has 0 spiro atoms. The topological polar surface area (TPSA) is 87.7 Å². The summed E-state index contributed by atoms with van der Waals surface area (Å²) in [4.78, 5) is 93.8. The highest BCUT2D eigenvalue weighted by Gasteiger charge is 2.52. The number of nitrogens with zero attached hydrogens (tertiary/aromatic N) is 6. The van der Waals surface area contributed by atoms with Crippen LogP contribution in [0.15, 0.2) is 265 Å². The number of hydrogen-bond acceptors (Lipinski definition) is 13. The van der Waals surface area contributed by atoms with Gasteiger partial charge in [0, 0.05) is 109 Å². The molecule has 141 heavy (non-hydrogen) atoms. The first-order valence-corrected chi connectivity index (χ1v) is 59.0. The molecule has 4 aliphatic heterocycles. The van der Waals surface area contributed by atoms with Gasteiger partial charge in [0.15, 0.2) is 0 Å². The number of amides is 4. The van der Waals surface area contributed by atoms with Crippen LogP contribution < -0.4 is 9.80 Å². The summed E-state index contributed by atoms with van der Waals surface area (Å²) in [5, 5.41) is 0. The minimum absolute atomic E-state index is 0.0547. The number of unbranched alkanes of at least 4 members (excludes halogenated alkanes) is 14. The van der Waals surface area contributed by atoms with E-state index in [2.05, 4.69) is 331 Å². The predicted octanol–water partition coefficient (Wildman–Crippen LogP) is 37.3. The van der Waals surface area contributed by atoms with Gasteiger partial charge in [0.05, 0.1) is 64.6 Å². The zero-order chi connectivity index (χ0) is 97.8. The van der Waals surface area contributed by atoms with Gasteiger partial charge < -0.3 is 29.4 Å². The number of fused-ring (bicyclic) bond motifs is 2. The van der Waals surface area contributed by atoms with Crippen LogP contribution in [0.3, 0.4) is 0 Å². The molecular formula is C124H142N6O4S7. The van der Waals surface area contributed by atoms with Crippen molar-refractivity contribution in [1.82, 2.24) is 19.6 Å². The molecule has 4 unspecified atom stereocenters. The minimum atomic E-state index is -0.0547. The van der Waals surface area contributed by atoms with Crippen molar-refractivity contribution >= 4 is 160 Å². The third-order valence-corrected chi connectivity index (χ3v) is 37.9. The fraction of sp³-hybridized carbons (Fsp3) is 0.387. The van der Waals surface area contributed by atoms with Crippen molar-refractivity contribution in [3.8, 4) is 59.9 Å². The number of hydrogen-bond donors (Lipinski definition) is 0. The Labute approximate surface area is 868 Å². The summed E-state index contributed by atoms with van der Waals surface area (Å²) in [5.74, 6) is 0.838. The number of aryl methyl sites for hydroxylation is 2. The van der Waals surface area contributed by atoms with Crippen LogP contribution in [0.25, 0.3) is 82.7 Å². The molecule has 4 atom stereocenters. The average Bonchev–Trinajstić information content (AvgIpc) is 1.55. The second-order valence-electron chi connectivity index (χ2n) is 39.1. The number of thiophene rings is 7. The summed E-state index contributed by atoms with van der Waals surface area (Å²) in [7, 11) is 0. The lowest BCUT2D eigenvalue weighted by Crippen LogP contribution is -2.34. The highest BCUT2D eigenvalue weighted by atomic mass is 32.1. The van der Waals surface area contributed by atoms with E-state index < -0.39 is 0 Å². The van der Waals surface area contributed by atoms with Crippen LogP contribution in [0.5, 0.6) is 0 Å². The molecule has 17 rings (SSSR count). The molecule has 4 aliphatic rings. The molecule has 0 aliphatic carbocycles. The minimum Gasteiger partial charge on any atom is -0.311 e. The number of carbonyl (C=O) groups is 4. The van der Waals surface area contributed by atoms with Gasteiger partial charge >= 0.3 is 0 Å². The van der Waals surface area contributed by atoms with Gasteiger partial charge in [-0.3, -0.25) is 19.2 Å². The highest BCUT2D eigenvalue weighted by Crippen LogP contribution is 2.57. The Morgan fingerprint density at radius 2 is 0.461 bits per heavy atom. The van der Waals surface area contributed by atoms with Crippen LogP contribution in [-0.2, 0) is 32.0 Å². The van der Waals surface area contributed by atoms with E-state index in [0.29, 0.717) is 48.5 Å². The van der Waals surface area contributed by atoms with E-state index in [9.17, 15) is 0 Å². The van der Waals surface area contributed by atoms with E-state index >= 15 is 19.2 Å². The van der Waals surface area contributed by atoms with E-state index in [-0.39, 0.29) is 47.3 Å². The Hall–Kier alpha value is -10.3. The van der Waals surface area contributed by atoms with E-state index in [4.69, 9.17) is 0 Å². The van der Waals surface area contributed by atoms with Crippen LogP contribution in [0, 0.1) is 23.7 Å². The Morgan fingerprint density at radius 1 is 0.227 bits per heavy atom. The molecule has 0 radical (unpaired) electrons. The monoisotopic (exact) mass is 2000 g/mol. The molecule has 0 saturated carbocycles. The van der Waals surface area contributed by atoms with Gasteiger partial charge in [-0.05, 0) is 243 Å². The Kier molecular flexibility index (Phi) is 35.7. The van der Waals surface area contributed by atoms with Crippen LogP contribution in [-0.4, -0.2) is 69.4 Å². The number of rotatable bonds is 54. The molecule has 13 aromatic rings. The van der Waals surface area contributed by atoms with Gasteiger partial charge in [-0.1, -0.05) is 308 Å². The number of benzene rings is 6. The molecule has 4 amide bonds. The third kappa shape index (κ3) is 23.1. The molecule has 11 heterocycles. The maximum atomic E-state index is 16.3. The van der Waals surface area contributed by atoms with Gasteiger partial charge in [-0.2, -0.15) is 0 Å². The maximum absolute atomic E-state index is 16.3. The quantitative estimate of drug-likeness (QED) is 0.0353. The van der Waals surface area contributed by atoms with E-state index in [1.54, 1.807) is 45.3 Å². The van der Waals surface area contributed by atoms with Crippen molar-refractivity contribution in [3.05, 3.63) is 296 Å². The first kappa shape index (κ1) is 102. The molecule has 6 aromatic carbocycles. The van der Waals surface area contributed by atoms with Crippen molar-refractivity contribution in [2.75, 3.05) is 36.0 Å². The largest absolute Gasteiger partial charge is 0.311 e. The van der Waals surface area contributed by atoms with Gasteiger partial charge in [0.25, 0.3) is 23.6 Å².